The summed E-state index contributed by atoms with van der Waals surface area (Å²) in [6, 6.07) is 9.17. The molecule has 2 rings (SSSR count). The lowest BCUT2D eigenvalue weighted by molar-refractivity contribution is -0.143. The van der Waals surface area contributed by atoms with Crippen molar-refractivity contribution in [3.63, 3.8) is 0 Å². The molecule has 6 heteroatoms. The average Bonchev–Trinajstić information content (AvgIpc) is 3.04. The number of nitrogens with one attached hydrogen (secondary N) is 1. The average molecular weight is 405 g/mol. The summed E-state index contributed by atoms with van der Waals surface area (Å²) in [5, 5.41) is 13.1. The van der Waals surface area contributed by atoms with Crippen molar-refractivity contribution in [2.75, 3.05) is 13.7 Å². The van der Waals surface area contributed by atoms with E-state index in [4.69, 9.17) is 4.74 Å². The predicted molar refractivity (Wildman–Crippen MR) is 113 cm³/mol. The molecule has 0 saturated carbocycles. The zero-order valence-corrected chi connectivity index (χ0v) is 18.1. The Morgan fingerprint density at radius 1 is 1.24 bits per heavy atom. The van der Waals surface area contributed by atoms with Gasteiger partial charge in [0.05, 0.1) is 6.61 Å². The second-order valence-electron chi connectivity index (χ2n) is 8.18. The quantitative estimate of drug-likeness (QED) is 0.592. The molecule has 1 aliphatic rings. The molecule has 1 aromatic rings. The van der Waals surface area contributed by atoms with Crippen molar-refractivity contribution < 1.29 is 19.4 Å². The number of carboxylic acids is 1. The van der Waals surface area contributed by atoms with Crippen LogP contribution in [0.2, 0.25) is 0 Å². The van der Waals surface area contributed by atoms with Gasteiger partial charge in [-0.3, -0.25) is 14.5 Å². The number of carbonyl (C=O) groups is 2. The van der Waals surface area contributed by atoms with Crippen molar-refractivity contribution in [3.8, 4) is 0 Å². The summed E-state index contributed by atoms with van der Waals surface area (Å²) in [6.45, 7) is 6.90. The molecule has 1 fully saturated rings. The van der Waals surface area contributed by atoms with Crippen molar-refractivity contribution in [3.05, 3.63) is 35.9 Å². The number of methoxy groups -OCH3 is 1. The summed E-state index contributed by atoms with van der Waals surface area (Å²) in [5.41, 5.74) is 1.07. The Balaban J connectivity index is 2.40. The van der Waals surface area contributed by atoms with E-state index in [1.54, 1.807) is 7.11 Å². The van der Waals surface area contributed by atoms with Gasteiger partial charge in [-0.1, -0.05) is 57.0 Å². The van der Waals surface area contributed by atoms with Crippen LogP contribution >= 0.6 is 0 Å². The maximum atomic E-state index is 12.1. The first-order valence-electron chi connectivity index (χ1n) is 10.7. The Morgan fingerprint density at radius 2 is 1.90 bits per heavy atom. The number of rotatable bonds is 11. The van der Waals surface area contributed by atoms with Crippen LogP contribution in [0.25, 0.3) is 0 Å². The summed E-state index contributed by atoms with van der Waals surface area (Å²) in [4.78, 5) is 26.2. The van der Waals surface area contributed by atoms with Crippen LogP contribution < -0.4 is 5.32 Å². The van der Waals surface area contributed by atoms with E-state index in [0.29, 0.717) is 25.5 Å². The molecule has 1 amide bonds. The standard InChI is InChI=1S/C23H36N2O4/c1-5-17(6-2)12-20(24-16(3)26)22-19(15-29-4)13-21(23(27)28)25(22)14-18-10-8-7-9-11-18/h7-11,17,19-22H,5-6,12-15H2,1-4H3,(H,24,26)(H,27,28)/t19?,20?,21-,22?/m0/s1. The highest BCUT2D eigenvalue weighted by Gasteiger charge is 2.48. The number of carbonyl (C=O) groups excluding carboxylic acids is 1. The molecule has 0 spiro atoms. The predicted octanol–water partition coefficient (Wildman–Crippen LogP) is 3.31. The first-order chi connectivity index (χ1) is 13.9. The number of hydrogen-bond donors (Lipinski definition) is 2. The summed E-state index contributed by atoms with van der Waals surface area (Å²) >= 11 is 0. The molecule has 0 bridgehead atoms. The van der Waals surface area contributed by atoms with Crippen molar-refractivity contribution >= 4 is 11.9 Å². The van der Waals surface area contributed by atoms with Gasteiger partial charge in [-0.15, -0.1) is 0 Å². The van der Waals surface area contributed by atoms with E-state index in [1.807, 2.05) is 30.3 Å². The van der Waals surface area contributed by atoms with E-state index in [-0.39, 0.29) is 23.9 Å². The van der Waals surface area contributed by atoms with Crippen LogP contribution in [-0.2, 0) is 20.9 Å². The number of amides is 1. The fourth-order valence-corrected chi connectivity index (χ4v) is 4.76. The topological polar surface area (TPSA) is 78.9 Å². The lowest BCUT2D eigenvalue weighted by Gasteiger charge is -2.38. The Hall–Kier alpha value is -1.92. The molecule has 29 heavy (non-hydrogen) atoms. The molecule has 1 heterocycles. The van der Waals surface area contributed by atoms with Crippen LogP contribution in [0.3, 0.4) is 0 Å². The number of ether oxygens (including phenoxy) is 1. The highest BCUT2D eigenvalue weighted by atomic mass is 16.5. The third kappa shape index (κ3) is 6.28. The van der Waals surface area contributed by atoms with E-state index >= 15 is 0 Å². The van der Waals surface area contributed by atoms with Crippen molar-refractivity contribution in [2.45, 2.75) is 71.1 Å². The zero-order valence-electron chi connectivity index (χ0n) is 18.1. The zero-order chi connectivity index (χ0) is 21.4. The fraction of sp³-hybridized carbons (Fsp3) is 0.652. The van der Waals surface area contributed by atoms with Gasteiger partial charge in [-0.2, -0.15) is 0 Å². The van der Waals surface area contributed by atoms with Gasteiger partial charge in [-0.25, -0.2) is 0 Å². The molecule has 4 atom stereocenters. The number of hydrogen-bond acceptors (Lipinski definition) is 4. The van der Waals surface area contributed by atoms with Crippen LogP contribution in [0, 0.1) is 11.8 Å². The van der Waals surface area contributed by atoms with E-state index in [1.165, 1.54) is 6.92 Å². The SMILES string of the molecule is CCC(CC)CC(NC(C)=O)C1C(COC)C[C@@H](C(=O)O)N1Cc1ccccc1. The number of nitrogens with zero attached hydrogens (tertiary/aromatic N) is 1. The maximum Gasteiger partial charge on any atom is 0.320 e. The van der Waals surface area contributed by atoms with Gasteiger partial charge in [0.25, 0.3) is 0 Å². The molecule has 0 aromatic heterocycles. The van der Waals surface area contributed by atoms with E-state index in [2.05, 4.69) is 24.1 Å². The number of benzene rings is 1. The summed E-state index contributed by atoms with van der Waals surface area (Å²) in [6.07, 6.45) is 3.44. The molecule has 162 valence electrons. The monoisotopic (exact) mass is 404 g/mol. The first-order valence-corrected chi connectivity index (χ1v) is 10.7. The maximum absolute atomic E-state index is 12.1. The highest BCUT2D eigenvalue weighted by molar-refractivity contribution is 5.75. The second kappa shape index (κ2) is 11.3. The summed E-state index contributed by atoms with van der Waals surface area (Å²) in [7, 11) is 1.65. The molecular weight excluding hydrogens is 368 g/mol. The van der Waals surface area contributed by atoms with E-state index in [0.717, 1.165) is 24.8 Å². The minimum atomic E-state index is -0.811. The summed E-state index contributed by atoms with van der Waals surface area (Å²) in [5.74, 6) is -0.349. The van der Waals surface area contributed by atoms with Crippen molar-refractivity contribution in [1.82, 2.24) is 10.2 Å². The van der Waals surface area contributed by atoms with Gasteiger partial charge in [0, 0.05) is 38.6 Å². The number of aliphatic carboxylic acids is 1. The van der Waals surface area contributed by atoms with Gasteiger partial charge >= 0.3 is 5.97 Å². The van der Waals surface area contributed by atoms with Crippen LogP contribution in [0.1, 0.15) is 52.0 Å². The van der Waals surface area contributed by atoms with Crippen molar-refractivity contribution in [1.29, 1.82) is 0 Å². The van der Waals surface area contributed by atoms with Crippen molar-refractivity contribution in [2.24, 2.45) is 11.8 Å². The van der Waals surface area contributed by atoms with Gasteiger partial charge < -0.3 is 15.2 Å². The minimum absolute atomic E-state index is 0.0519. The molecule has 1 aromatic carbocycles. The smallest absolute Gasteiger partial charge is 0.320 e. The van der Waals surface area contributed by atoms with E-state index in [9.17, 15) is 14.7 Å². The molecule has 0 radical (unpaired) electrons. The second-order valence-corrected chi connectivity index (χ2v) is 8.18. The third-order valence-corrected chi connectivity index (χ3v) is 6.21. The molecular formula is C23H36N2O4. The van der Waals surface area contributed by atoms with Gasteiger partial charge in [0.2, 0.25) is 5.91 Å². The normalized spacial score (nSPS) is 23.3. The summed E-state index contributed by atoms with van der Waals surface area (Å²) < 4.78 is 5.46. The Labute approximate surface area is 174 Å². The molecule has 3 unspecified atom stereocenters. The van der Waals surface area contributed by atoms with Gasteiger partial charge in [-0.05, 0) is 24.3 Å². The largest absolute Gasteiger partial charge is 0.480 e. The van der Waals surface area contributed by atoms with Gasteiger partial charge in [0.1, 0.15) is 6.04 Å². The molecule has 2 N–H and O–H groups in total. The third-order valence-electron chi connectivity index (χ3n) is 6.21. The van der Waals surface area contributed by atoms with Gasteiger partial charge in [0.15, 0.2) is 0 Å². The molecule has 0 aliphatic carbocycles. The van der Waals surface area contributed by atoms with Crippen LogP contribution in [0.5, 0.6) is 0 Å². The minimum Gasteiger partial charge on any atom is -0.480 e. The molecule has 6 nitrogen and oxygen atoms in total. The van der Waals surface area contributed by atoms with Crippen LogP contribution in [0.4, 0.5) is 0 Å². The molecule has 1 aliphatic heterocycles. The number of likely N-dealkylation sites (tertiary alicyclic amines) is 1. The number of carboxylic acid groups (broad SMARTS) is 1. The first kappa shape index (κ1) is 23.4. The Morgan fingerprint density at radius 3 is 2.41 bits per heavy atom. The Kier molecular flexibility index (Phi) is 9.11. The Bertz CT molecular complexity index is 648. The molecule has 1 saturated heterocycles. The lowest BCUT2D eigenvalue weighted by atomic mass is 9.86. The van der Waals surface area contributed by atoms with Crippen LogP contribution in [0.15, 0.2) is 30.3 Å². The lowest BCUT2D eigenvalue weighted by Crippen LogP contribution is -2.54. The van der Waals surface area contributed by atoms with Crippen LogP contribution in [-0.4, -0.2) is 53.7 Å². The highest BCUT2D eigenvalue weighted by Crippen LogP contribution is 2.36. The fourth-order valence-electron chi connectivity index (χ4n) is 4.76. The van der Waals surface area contributed by atoms with E-state index < -0.39 is 12.0 Å².